The summed E-state index contributed by atoms with van der Waals surface area (Å²) in [6, 6.07) is 12.3. The fourth-order valence-corrected chi connectivity index (χ4v) is 4.08. The first kappa shape index (κ1) is 28.0. The summed E-state index contributed by atoms with van der Waals surface area (Å²) in [6.07, 6.45) is -1.42. The van der Waals surface area contributed by atoms with E-state index in [0.29, 0.717) is 44.6 Å². The predicted octanol–water partition coefficient (Wildman–Crippen LogP) is 4.83. The number of carbonyl (C=O) groups excluding carboxylic acids is 2. The molecule has 0 unspecified atom stereocenters. The Morgan fingerprint density at radius 2 is 1.76 bits per heavy atom. The summed E-state index contributed by atoms with van der Waals surface area (Å²) < 4.78 is 44.1. The highest BCUT2D eigenvalue weighted by Crippen LogP contribution is 2.29. The number of hydrogen-bond acceptors (Lipinski definition) is 3. The summed E-state index contributed by atoms with van der Waals surface area (Å²) in [5.74, 6) is -0.289. The summed E-state index contributed by atoms with van der Waals surface area (Å²) >= 11 is 0. The van der Waals surface area contributed by atoms with Gasteiger partial charge < -0.3 is 24.8 Å². The maximum atomic E-state index is 13.4. The first-order chi connectivity index (χ1) is 17.7. The van der Waals surface area contributed by atoms with Gasteiger partial charge in [0.15, 0.2) is 0 Å². The van der Waals surface area contributed by atoms with E-state index in [0.717, 1.165) is 28.6 Å². The van der Waals surface area contributed by atoms with Gasteiger partial charge in [-0.05, 0) is 49.1 Å². The number of nitrogens with one attached hydrogen (secondary N) is 2. The summed E-state index contributed by atoms with van der Waals surface area (Å²) in [7, 11) is 1.57. The summed E-state index contributed by atoms with van der Waals surface area (Å²) in [5.41, 5.74) is 1.85. The molecule has 1 heterocycles. The van der Waals surface area contributed by atoms with Gasteiger partial charge in [0.2, 0.25) is 5.91 Å². The first-order valence-electron chi connectivity index (χ1n) is 12.2. The molecule has 3 aromatic rings. The number of para-hydroxylation sites is 1. The van der Waals surface area contributed by atoms with E-state index >= 15 is 0 Å². The van der Waals surface area contributed by atoms with Crippen molar-refractivity contribution in [1.82, 2.24) is 20.1 Å². The monoisotopic (exact) mass is 518 g/mol. The van der Waals surface area contributed by atoms with Crippen LogP contribution in [0.2, 0.25) is 0 Å². The van der Waals surface area contributed by atoms with Gasteiger partial charge in [0.1, 0.15) is 6.54 Å². The zero-order valence-electron chi connectivity index (χ0n) is 21.1. The lowest BCUT2D eigenvalue weighted by atomic mass is 10.1. The van der Waals surface area contributed by atoms with Gasteiger partial charge in [-0.2, -0.15) is 13.2 Å². The van der Waals surface area contributed by atoms with Crippen LogP contribution in [0.25, 0.3) is 10.9 Å². The number of fused-ring (bicyclic) bond motifs is 1. The van der Waals surface area contributed by atoms with E-state index in [1.54, 1.807) is 18.9 Å². The third kappa shape index (κ3) is 7.98. The molecule has 0 aliphatic carbocycles. The van der Waals surface area contributed by atoms with Crippen LogP contribution in [0.4, 0.5) is 18.0 Å². The molecule has 7 nitrogen and oxygen atoms in total. The van der Waals surface area contributed by atoms with Gasteiger partial charge in [-0.25, -0.2) is 4.79 Å². The average molecular weight is 519 g/mol. The van der Waals surface area contributed by atoms with Crippen molar-refractivity contribution in [2.24, 2.45) is 0 Å². The molecular formula is C27H33F3N4O3. The molecule has 37 heavy (non-hydrogen) atoms. The summed E-state index contributed by atoms with van der Waals surface area (Å²) in [4.78, 5) is 32.3. The van der Waals surface area contributed by atoms with Gasteiger partial charge in [-0.1, -0.05) is 30.3 Å². The standard InChI is InChI=1S/C27H33F3N4O3/c1-3-31-26(36)34(14-6-16-37-2)19-25(35)33(18-20-9-11-22(12-10-20)27(28,29)30)15-13-21-17-32-24-8-5-4-7-23(21)24/h4-5,7-12,17,32H,3,6,13-16,18-19H2,1-2H3,(H,31,36). The Morgan fingerprint density at radius 1 is 1.03 bits per heavy atom. The molecule has 0 spiro atoms. The molecule has 200 valence electrons. The number of ether oxygens (including phenoxy) is 1. The number of rotatable bonds is 12. The number of aromatic nitrogens is 1. The van der Waals surface area contributed by atoms with E-state index in [2.05, 4.69) is 10.3 Å². The Kier molecular flexibility index (Phi) is 9.96. The van der Waals surface area contributed by atoms with Crippen molar-refractivity contribution in [3.8, 4) is 0 Å². The number of aromatic amines is 1. The van der Waals surface area contributed by atoms with Crippen LogP contribution in [0.5, 0.6) is 0 Å². The quantitative estimate of drug-likeness (QED) is 0.338. The average Bonchev–Trinajstić information content (AvgIpc) is 3.29. The lowest BCUT2D eigenvalue weighted by molar-refractivity contribution is -0.137. The third-order valence-corrected chi connectivity index (χ3v) is 6.05. The molecule has 2 N–H and O–H groups in total. The van der Waals surface area contributed by atoms with Crippen LogP contribution in [0.1, 0.15) is 30.0 Å². The van der Waals surface area contributed by atoms with Crippen LogP contribution in [-0.2, 0) is 28.7 Å². The van der Waals surface area contributed by atoms with E-state index < -0.39 is 11.7 Å². The van der Waals surface area contributed by atoms with Crippen LogP contribution >= 0.6 is 0 Å². The summed E-state index contributed by atoms with van der Waals surface area (Å²) in [5, 5.41) is 3.78. The topological polar surface area (TPSA) is 77.7 Å². The van der Waals surface area contributed by atoms with E-state index in [9.17, 15) is 22.8 Å². The van der Waals surface area contributed by atoms with E-state index in [-0.39, 0.29) is 25.0 Å². The SMILES string of the molecule is CCNC(=O)N(CCCOC)CC(=O)N(CCc1c[nH]c2ccccc12)Cc1ccc(C(F)(F)F)cc1. The number of carbonyl (C=O) groups is 2. The Balaban J connectivity index is 1.79. The number of halogens is 3. The summed E-state index contributed by atoms with van der Waals surface area (Å²) in [6.45, 7) is 3.31. The Morgan fingerprint density at radius 3 is 2.43 bits per heavy atom. The number of urea groups is 1. The molecule has 3 rings (SSSR count). The molecule has 0 aliphatic heterocycles. The fourth-order valence-electron chi connectivity index (χ4n) is 4.08. The van der Waals surface area contributed by atoms with Crippen molar-refractivity contribution in [2.75, 3.05) is 39.9 Å². The molecule has 0 saturated carbocycles. The van der Waals surface area contributed by atoms with Crippen LogP contribution in [0.15, 0.2) is 54.7 Å². The number of nitrogens with zero attached hydrogens (tertiary/aromatic N) is 2. The van der Waals surface area contributed by atoms with Crippen molar-refractivity contribution in [3.05, 3.63) is 71.4 Å². The molecule has 1 aromatic heterocycles. The van der Waals surface area contributed by atoms with Crippen molar-refractivity contribution in [1.29, 1.82) is 0 Å². The number of hydrogen-bond donors (Lipinski definition) is 2. The zero-order valence-corrected chi connectivity index (χ0v) is 21.1. The highest BCUT2D eigenvalue weighted by atomic mass is 19.4. The number of methoxy groups -OCH3 is 1. The lowest BCUT2D eigenvalue weighted by Gasteiger charge is -2.28. The fraction of sp³-hybridized carbons (Fsp3) is 0.407. The predicted molar refractivity (Wildman–Crippen MR) is 136 cm³/mol. The number of alkyl halides is 3. The van der Waals surface area contributed by atoms with Crippen LogP contribution in [0, 0.1) is 0 Å². The molecule has 3 amide bonds. The Hall–Kier alpha value is -3.53. The van der Waals surface area contributed by atoms with Gasteiger partial charge >= 0.3 is 12.2 Å². The molecule has 0 aliphatic rings. The number of benzene rings is 2. The molecule has 0 bridgehead atoms. The second-order valence-corrected chi connectivity index (χ2v) is 8.72. The second-order valence-electron chi connectivity index (χ2n) is 8.72. The molecule has 10 heteroatoms. The highest BCUT2D eigenvalue weighted by Gasteiger charge is 2.30. The molecule has 2 aromatic carbocycles. The highest BCUT2D eigenvalue weighted by molar-refractivity contribution is 5.85. The largest absolute Gasteiger partial charge is 0.416 e. The second kappa shape index (κ2) is 13.1. The van der Waals surface area contributed by atoms with Crippen molar-refractivity contribution < 1.29 is 27.5 Å². The number of H-pyrrole nitrogens is 1. The van der Waals surface area contributed by atoms with Crippen molar-refractivity contribution in [2.45, 2.75) is 32.5 Å². The maximum absolute atomic E-state index is 13.4. The molecule has 0 saturated heterocycles. The van der Waals surface area contributed by atoms with E-state index in [4.69, 9.17) is 4.74 Å². The van der Waals surface area contributed by atoms with Crippen molar-refractivity contribution >= 4 is 22.8 Å². The van der Waals surface area contributed by atoms with E-state index in [1.807, 2.05) is 30.5 Å². The minimum absolute atomic E-state index is 0.126. The van der Waals surface area contributed by atoms with Gasteiger partial charge in [0.05, 0.1) is 5.56 Å². The van der Waals surface area contributed by atoms with E-state index in [1.165, 1.54) is 17.0 Å². The number of amides is 3. The lowest BCUT2D eigenvalue weighted by Crippen LogP contribution is -2.47. The maximum Gasteiger partial charge on any atom is 0.416 e. The van der Waals surface area contributed by atoms with Gasteiger partial charge in [-0.15, -0.1) is 0 Å². The molecule has 0 atom stereocenters. The minimum Gasteiger partial charge on any atom is -0.385 e. The van der Waals surface area contributed by atoms with Gasteiger partial charge in [0, 0.05) is 57.0 Å². The van der Waals surface area contributed by atoms with Gasteiger partial charge in [0.25, 0.3) is 0 Å². The van der Waals surface area contributed by atoms with Crippen molar-refractivity contribution in [3.63, 3.8) is 0 Å². The first-order valence-corrected chi connectivity index (χ1v) is 12.2. The minimum atomic E-state index is -4.43. The van der Waals surface area contributed by atoms with Crippen LogP contribution in [0.3, 0.4) is 0 Å². The Bertz CT molecular complexity index is 1160. The molecule has 0 radical (unpaired) electrons. The van der Waals surface area contributed by atoms with Crippen LogP contribution in [-0.4, -0.2) is 66.6 Å². The van der Waals surface area contributed by atoms with Crippen LogP contribution < -0.4 is 5.32 Å². The zero-order chi connectivity index (χ0) is 26.8. The smallest absolute Gasteiger partial charge is 0.385 e. The van der Waals surface area contributed by atoms with Gasteiger partial charge in [-0.3, -0.25) is 4.79 Å². The normalized spacial score (nSPS) is 11.5. The third-order valence-electron chi connectivity index (χ3n) is 6.05. The molecule has 0 fully saturated rings. The Labute approximate surface area is 214 Å². The molecular weight excluding hydrogens is 485 g/mol.